The monoisotopic (exact) mass is 266 g/mol. The number of carbonyl (C=O) groups is 1. The summed E-state index contributed by atoms with van der Waals surface area (Å²) >= 11 is 0. The lowest BCUT2D eigenvalue weighted by atomic mass is 9.93. The molecule has 1 N–H and O–H groups in total. The summed E-state index contributed by atoms with van der Waals surface area (Å²) in [5.41, 5.74) is 4.10. The van der Waals surface area contributed by atoms with Crippen LogP contribution in [0.25, 0.3) is 16.7 Å². The normalized spacial score (nSPS) is 11.7. The van der Waals surface area contributed by atoms with Crippen LogP contribution in [-0.4, -0.2) is 11.1 Å². The Hall–Kier alpha value is -2.35. The molecular weight excluding hydrogens is 248 g/mol. The molecule has 0 bridgehead atoms. The van der Waals surface area contributed by atoms with Gasteiger partial charge in [-0.15, -0.1) is 0 Å². The van der Waals surface area contributed by atoms with Crippen molar-refractivity contribution in [2.75, 3.05) is 0 Å². The second-order valence-corrected chi connectivity index (χ2v) is 5.04. The van der Waals surface area contributed by atoms with E-state index >= 15 is 0 Å². The zero-order valence-corrected chi connectivity index (χ0v) is 11.7. The molecule has 102 valence electrons. The maximum atomic E-state index is 10.9. The molecule has 2 heteroatoms. The lowest BCUT2D eigenvalue weighted by Crippen LogP contribution is -1.98. The van der Waals surface area contributed by atoms with Gasteiger partial charge in [0.05, 0.1) is 0 Å². The first-order valence-electron chi connectivity index (χ1n) is 6.68. The van der Waals surface area contributed by atoms with Gasteiger partial charge in [0, 0.05) is 6.08 Å². The van der Waals surface area contributed by atoms with Crippen LogP contribution in [0.15, 0.2) is 60.7 Å². The molecule has 0 unspecified atom stereocenters. The number of hydrogen-bond donors (Lipinski definition) is 1. The van der Waals surface area contributed by atoms with Gasteiger partial charge in [-0.1, -0.05) is 68.4 Å². The van der Waals surface area contributed by atoms with E-state index in [1.165, 1.54) is 6.08 Å². The summed E-state index contributed by atoms with van der Waals surface area (Å²) in [4.78, 5) is 10.9. The topological polar surface area (TPSA) is 37.3 Å². The van der Waals surface area contributed by atoms with Crippen LogP contribution < -0.4 is 0 Å². The third-order valence-corrected chi connectivity index (χ3v) is 3.23. The zero-order valence-electron chi connectivity index (χ0n) is 11.7. The highest BCUT2D eigenvalue weighted by Gasteiger charge is 2.09. The van der Waals surface area contributed by atoms with Gasteiger partial charge in [-0.2, -0.15) is 0 Å². The summed E-state index contributed by atoms with van der Waals surface area (Å²) in [6.45, 7) is 4.00. The van der Waals surface area contributed by atoms with Crippen molar-refractivity contribution < 1.29 is 9.90 Å². The van der Waals surface area contributed by atoms with Crippen LogP contribution in [-0.2, 0) is 4.79 Å². The number of allylic oxidation sites excluding steroid dienone is 1. The van der Waals surface area contributed by atoms with Crippen LogP contribution in [0.3, 0.4) is 0 Å². The van der Waals surface area contributed by atoms with Gasteiger partial charge in [-0.05, 0) is 28.2 Å². The molecule has 2 rings (SSSR count). The lowest BCUT2D eigenvalue weighted by Gasteiger charge is -2.12. The number of hydrogen-bond acceptors (Lipinski definition) is 1. The Kier molecular flexibility index (Phi) is 4.36. The first-order chi connectivity index (χ1) is 9.58. The molecule has 0 heterocycles. The molecule has 2 nitrogen and oxygen atoms in total. The SMILES string of the molecule is CC(C)/C(=C\C(=O)O)c1ccc(-c2ccccc2)cc1. The highest BCUT2D eigenvalue weighted by Crippen LogP contribution is 2.26. The minimum Gasteiger partial charge on any atom is -0.478 e. The molecule has 20 heavy (non-hydrogen) atoms. The average Bonchev–Trinajstić information content (AvgIpc) is 2.45. The maximum Gasteiger partial charge on any atom is 0.328 e. The van der Waals surface area contributed by atoms with Crippen LogP contribution in [0.1, 0.15) is 19.4 Å². The molecule has 0 amide bonds. The minimum atomic E-state index is -0.902. The smallest absolute Gasteiger partial charge is 0.328 e. The predicted octanol–water partition coefficient (Wildman–Crippen LogP) is 4.48. The van der Waals surface area contributed by atoms with Gasteiger partial charge < -0.3 is 5.11 Å². The fourth-order valence-electron chi connectivity index (χ4n) is 2.20. The fraction of sp³-hybridized carbons (Fsp3) is 0.167. The number of carboxylic acid groups (broad SMARTS) is 1. The lowest BCUT2D eigenvalue weighted by molar-refractivity contribution is -0.131. The van der Waals surface area contributed by atoms with Gasteiger partial charge in [0.2, 0.25) is 0 Å². The molecule has 0 aliphatic carbocycles. The zero-order chi connectivity index (χ0) is 14.5. The molecule has 0 saturated carbocycles. The molecule has 0 aromatic heterocycles. The van der Waals surface area contributed by atoms with E-state index in [2.05, 4.69) is 12.1 Å². The number of carboxylic acids is 1. The van der Waals surface area contributed by atoms with E-state index in [0.717, 1.165) is 22.3 Å². The Morgan fingerprint density at radius 3 is 2.00 bits per heavy atom. The maximum absolute atomic E-state index is 10.9. The van der Waals surface area contributed by atoms with Gasteiger partial charge in [-0.3, -0.25) is 0 Å². The van der Waals surface area contributed by atoms with Crippen LogP contribution in [0, 0.1) is 5.92 Å². The van der Waals surface area contributed by atoms with Crippen LogP contribution in [0.5, 0.6) is 0 Å². The number of rotatable bonds is 4. The largest absolute Gasteiger partial charge is 0.478 e. The van der Waals surface area contributed by atoms with Crippen LogP contribution in [0.4, 0.5) is 0 Å². The molecule has 0 atom stereocenters. The van der Waals surface area contributed by atoms with Crippen molar-refractivity contribution >= 4 is 11.5 Å². The Morgan fingerprint density at radius 2 is 1.50 bits per heavy atom. The standard InChI is InChI=1S/C18H18O2/c1-13(2)17(12-18(19)20)16-10-8-15(9-11-16)14-6-4-3-5-7-14/h3-13H,1-2H3,(H,19,20)/b17-12+. The highest BCUT2D eigenvalue weighted by molar-refractivity contribution is 5.90. The Balaban J connectivity index is 2.34. The van der Waals surface area contributed by atoms with Crippen molar-refractivity contribution in [3.63, 3.8) is 0 Å². The molecule has 2 aromatic rings. The van der Waals surface area contributed by atoms with E-state index in [9.17, 15) is 4.79 Å². The Bertz CT molecular complexity index is 608. The van der Waals surface area contributed by atoms with E-state index in [0.29, 0.717) is 0 Å². The average molecular weight is 266 g/mol. The first kappa shape index (κ1) is 14.1. The van der Waals surface area contributed by atoms with Crippen molar-refractivity contribution in [3.05, 3.63) is 66.2 Å². The molecule has 2 aromatic carbocycles. The molecular formula is C18H18O2. The Morgan fingerprint density at radius 1 is 0.950 bits per heavy atom. The quantitative estimate of drug-likeness (QED) is 0.828. The van der Waals surface area contributed by atoms with E-state index in [1.807, 2.05) is 56.3 Å². The van der Waals surface area contributed by atoms with Crippen molar-refractivity contribution in [1.82, 2.24) is 0 Å². The summed E-state index contributed by atoms with van der Waals surface area (Å²) in [7, 11) is 0. The summed E-state index contributed by atoms with van der Waals surface area (Å²) in [6.07, 6.45) is 1.29. The molecule has 0 aliphatic rings. The van der Waals surface area contributed by atoms with Crippen molar-refractivity contribution in [1.29, 1.82) is 0 Å². The molecule has 0 spiro atoms. The van der Waals surface area contributed by atoms with E-state index in [1.54, 1.807) is 0 Å². The van der Waals surface area contributed by atoms with Crippen molar-refractivity contribution in [2.45, 2.75) is 13.8 Å². The molecule has 0 fully saturated rings. The minimum absolute atomic E-state index is 0.175. The van der Waals surface area contributed by atoms with Crippen LogP contribution in [0.2, 0.25) is 0 Å². The van der Waals surface area contributed by atoms with Crippen molar-refractivity contribution in [2.24, 2.45) is 5.92 Å². The summed E-state index contributed by atoms with van der Waals surface area (Å²) < 4.78 is 0. The molecule has 0 saturated heterocycles. The van der Waals surface area contributed by atoms with Gasteiger partial charge in [-0.25, -0.2) is 4.79 Å². The summed E-state index contributed by atoms with van der Waals surface area (Å²) in [5, 5.41) is 8.95. The van der Waals surface area contributed by atoms with Gasteiger partial charge in [0.25, 0.3) is 0 Å². The predicted molar refractivity (Wildman–Crippen MR) is 82.3 cm³/mol. The third kappa shape index (κ3) is 3.35. The van der Waals surface area contributed by atoms with E-state index in [-0.39, 0.29) is 5.92 Å². The highest BCUT2D eigenvalue weighted by atomic mass is 16.4. The first-order valence-corrected chi connectivity index (χ1v) is 6.68. The van der Waals surface area contributed by atoms with E-state index < -0.39 is 5.97 Å². The second kappa shape index (κ2) is 6.20. The summed E-state index contributed by atoms with van der Waals surface area (Å²) in [5.74, 6) is -0.727. The van der Waals surface area contributed by atoms with Crippen molar-refractivity contribution in [3.8, 4) is 11.1 Å². The van der Waals surface area contributed by atoms with Gasteiger partial charge >= 0.3 is 5.97 Å². The Labute approximate surface area is 119 Å². The summed E-state index contributed by atoms with van der Waals surface area (Å²) in [6, 6.07) is 18.2. The number of aliphatic carboxylic acids is 1. The third-order valence-electron chi connectivity index (χ3n) is 3.23. The van der Waals surface area contributed by atoms with E-state index in [4.69, 9.17) is 5.11 Å². The number of benzene rings is 2. The van der Waals surface area contributed by atoms with Crippen LogP contribution >= 0.6 is 0 Å². The van der Waals surface area contributed by atoms with Gasteiger partial charge in [0.1, 0.15) is 0 Å². The second-order valence-electron chi connectivity index (χ2n) is 5.04. The van der Waals surface area contributed by atoms with Gasteiger partial charge in [0.15, 0.2) is 0 Å². The molecule has 0 radical (unpaired) electrons. The fourth-order valence-corrected chi connectivity index (χ4v) is 2.20. The molecule has 0 aliphatic heterocycles.